The number of piperidine rings is 1. The molecule has 2 atom stereocenters. The molecule has 0 N–H and O–H groups in total. The number of hydrogen-bond acceptors (Lipinski definition) is 3. The minimum atomic E-state index is -3.94. The molecule has 0 radical (unpaired) electrons. The number of benzene rings is 1. The first-order valence-electron chi connectivity index (χ1n) is 7.06. The average Bonchev–Trinajstić information content (AvgIpc) is 2.36. The van der Waals surface area contributed by atoms with Gasteiger partial charge in [-0.05, 0) is 44.7 Å². The molecule has 0 bridgehead atoms. The van der Waals surface area contributed by atoms with Crippen molar-refractivity contribution in [2.24, 2.45) is 5.92 Å². The summed E-state index contributed by atoms with van der Waals surface area (Å²) in [6, 6.07) is 4.76. The molecule has 1 aliphatic rings. The molecule has 1 aromatic carbocycles. The van der Waals surface area contributed by atoms with Crippen LogP contribution in [0.2, 0.25) is 0 Å². The van der Waals surface area contributed by atoms with E-state index in [1.54, 1.807) is 17.0 Å². The van der Waals surface area contributed by atoms with E-state index in [4.69, 9.17) is 10.7 Å². The Balaban J connectivity index is 2.41. The van der Waals surface area contributed by atoms with Crippen LogP contribution in [0.1, 0.15) is 42.6 Å². The van der Waals surface area contributed by atoms with Crippen molar-refractivity contribution in [3.05, 3.63) is 29.3 Å². The van der Waals surface area contributed by atoms with Crippen molar-refractivity contribution in [1.29, 1.82) is 0 Å². The molecule has 0 aromatic heterocycles. The maximum atomic E-state index is 12.7. The summed E-state index contributed by atoms with van der Waals surface area (Å²) in [5.41, 5.74) is 1.01. The molecule has 1 fully saturated rings. The van der Waals surface area contributed by atoms with Gasteiger partial charge in [-0.2, -0.15) is 0 Å². The molecule has 4 nitrogen and oxygen atoms in total. The molecule has 1 heterocycles. The molecule has 2 rings (SSSR count). The first kappa shape index (κ1) is 16.3. The molecular formula is C15H20ClNO3S. The fraction of sp³-hybridized carbons (Fsp3) is 0.533. The minimum absolute atomic E-state index is 0.104. The van der Waals surface area contributed by atoms with Gasteiger partial charge in [0, 0.05) is 23.3 Å². The summed E-state index contributed by atoms with van der Waals surface area (Å²) in [6.45, 7) is 6.64. The second-order valence-electron chi connectivity index (χ2n) is 5.91. The van der Waals surface area contributed by atoms with Crippen LogP contribution in [0.4, 0.5) is 0 Å². The third-order valence-corrected chi connectivity index (χ3v) is 5.41. The van der Waals surface area contributed by atoms with Gasteiger partial charge in [-0.3, -0.25) is 4.79 Å². The fourth-order valence-corrected chi connectivity index (χ4v) is 3.93. The Morgan fingerprint density at radius 3 is 2.57 bits per heavy atom. The molecular weight excluding hydrogens is 310 g/mol. The predicted molar refractivity (Wildman–Crippen MR) is 83.1 cm³/mol. The number of rotatable bonds is 2. The smallest absolute Gasteiger partial charge is 0.262 e. The zero-order valence-electron chi connectivity index (χ0n) is 12.5. The molecule has 0 aliphatic carbocycles. The van der Waals surface area contributed by atoms with E-state index in [1.807, 2.05) is 13.8 Å². The van der Waals surface area contributed by atoms with E-state index in [0.717, 1.165) is 18.4 Å². The predicted octanol–water partition coefficient (Wildman–Crippen LogP) is 3.18. The summed E-state index contributed by atoms with van der Waals surface area (Å²) in [6.07, 6.45) is 1.87. The van der Waals surface area contributed by atoms with Crippen LogP contribution in [0, 0.1) is 12.8 Å². The Morgan fingerprint density at radius 1 is 1.33 bits per heavy atom. The third kappa shape index (κ3) is 3.58. The number of nitrogens with zero attached hydrogens (tertiary/aromatic N) is 1. The molecule has 21 heavy (non-hydrogen) atoms. The molecule has 1 aromatic rings. The van der Waals surface area contributed by atoms with E-state index < -0.39 is 9.05 Å². The zero-order valence-corrected chi connectivity index (χ0v) is 14.0. The van der Waals surface area contributed by atoms with Gasteiger partial charge in [-0.15, -0.1) is 0 Å². The minimum Gasteiger partial charge on any atom is -0.336 e. The first-order valence-corrected chi connectivity index (χ1v) is 9.37. The van der Waals surface area contributed by atoms with Crippen molar-refractivity contribution in [2.75, 3.05) is 6.54 Å². The van der Waals surface area contributed by atoms with Crippen LogP contribution in [0.3, 0.4) is 0 Å². The van der Waals surface area contributed by atoms with E-state index in [0.29, 0.717) is 12.5 Å². The third-order valence-electron chi connectivity index (χ3n) is 4.03. The summed E-state index contributed by atoms with van der Waals surface area (Å²) >= 11 is 0. The number of carbonyl (C=O) groups is 1. The number of amides is 1. The fourth-order valence-electron chi connectivity index (χ4n) is 2.89. The maximum absolute atomic E-state index is 12.7. The van der Waals surface area contributed by atoms with Crippen LogP contribution in [-0.2, 0) is 9.05 Å². The van der Waals surface area contributed by atoms with Gasteiger partial charge in [0.15, 0.2) is 0 Å². The highest BCUT2D eigenvalue weighted by Gasteiger charge is 2.30. The Bertz CT molecular complexity index is 657. The lowest BCUT2D eigenvalue weighted by Crippen LogP contribution is -2.44. The van der Waals surface area contributed by atoms with Gasteiger partial charge in [0.1, 0.15) is 0 Å². The number of halogens is 1. The lowest BCUT2D eigenvalue weighted by Gasteiger charge is -2.36. The van der Waals surface area contributed by atoms with Gasteiger partial charge in [-0.25, -0.2) is 8.42 Å². The van der Waals surface area contributed by atoms with E-state index in [-0.39, 0.29) is 22.4 Å². The van der Waals surface area contributed by atoms with E-state index in [9.17, 15) is 13.2 Å². The van der Waals surface area contributed by atoms with Crippen molar-refractivity contribution >= 4 is 25.6 Å². The summed E-state index contributed by atoms with van der Waals surface area (Å²) in [7, 11) is 1.52. The zero-order chi connectivity index (χ0) is 15.8. The van der Waals surface area contributed by atoms with Gasteiger partial charge < -0.3 is 4.90 Å². The first-order chi connectivity index (χ1) is 9.70. The van der Waals surface area contributed by atoms with Gasteiger partial charge in [0.2, 0.25) is 0 Å². The van der Waals surface area contributed by atoms with Gasteiger partial charge >= 0.3 is 0 Å². The van der Waals surface area contributed by atoms with Crippen LogP contribution >= 0.6 is 10.7 Å². The van der Waals surface area contributed by atoms with Gasteiger partial charge in [0.05, 0.1) is 10.5 Å². The Labute approximate surface area is 130 Å². The van der Waals surface area contributed by atoms with E-state index >= 15 is 0 Å². The SMILES string of the molecule is Cc1ccc(S(=O)(=O)Cl)c(C(=O)N2CCC(C)CC2C)c1. The van der Waals surface area contributed by atoms with Crippen molar-refractivity contribution < 1.29 is 13.2 Å². The highest BCUT2D eigenvalue weighted by molar-refractivity contribution is 8.13. The summed E-state index contributed by atoms with van der Waals surface area (Å²) in [5, 5.41) is 0. The Hall–Kier alpha value is -1.07. The van der Waals surface area contributed by atoms with Crippen LogP contribution in [0.15, 0.2) is 23.1 Å². The van der Waals surface area contributed by atoms with Crippen molar-refractivity contribution in [1.82, 2.24) is 4.90 Å². The summed E-state index contributed by atoms with van der Waals surface area (Å²) in [5.74, 6) is 0.329. The second-order valence-corrected chi connectivity index (χ2v) is 8.45. The summed E-state index contributed by atoms with van der Waals surface area (Å²) in [4.78, 5) is 14.4. The highest BCUT2D eigenvalue weighted by atomic mass is 35.7. The second kappa shape index (κ2) is 5.97. The Morgan fingerprint density at radius 2 is 2.00 bits per heavy atom. The van der Waals surface area contributed by atoms with E-state index in [1.165, 1.54) is 6.07 Å². The van der Waals surface area contributed by atoms with Crippen molar-refractivity contribution in [3.8, 4) is 0 Å². The topological polar surface area (TPSA) is 54.5 Å². The number of likely N-dealkylation sites (tertiary alicyclic amines) is 1. The van der Waals surface area contributed by atoms with Crippen LogP contribution in [-0.4, -0.2) is 31.8 Å². The normalized spacial score (nSPS) is 23.1. The molecule has 116 valence electrons. The number of hydrogen-bond donors (Lipinski definition) is 0. The van der Waals surface area contributed by atoms with Crippen LogP contribution < -0.4 is 0 Å². The molecule has 0 saturated carbocycles. The molecule has 1 aliphatic heterocycles. The molecule has 1 saturated heterocycles. The van der Waals surface area contributed by atoms with E-state index in [2.05, 4.69) is 6.92 Å². The largest absolute Gasteiger partial charge is 0.336 e. The monoisotopic (exact) mass is 329 g/mol. The van der Waals surface area contributed by atoms with Gasteiger partial charge in [0.25, 0.3) is 15.0 Å². The molecule has 6 heteroatoms. The molecule has 0 spiro atoms. The van der Waals surface area contributed by atoms with Crippen LogP contribution in [0.25, 0.3) is 0 Å². The van der Waals surface area contributed by atoms with Gasteiger partial charge in [-0.1, -0.05) is 18.6 Å². The van der Waals surface area contributed by atoms with Crippen molar-refractivity contribution in [3.63, 3.8) is 0 Å². The average molecular weight is 330 g/mol. The summed E-state index contributed by atoms with van der Waals surface area (Å²) < 4.78 is 23.4. The standard InChI is InChI=1S/C15H20ClNO3S/c1-10-4-5-14(21(16,19)20)13(9-10)15(18)17-7-6-11(2)8-12(17)3/h4-5,9,11-12H,6-8H2,1-3H3. The molecule has 2 unspecified atom stereocenters. The lowest BCUT2D eigenvalue weighted by atomic mass is 9.93. The maximum Gasteiger partial charge on any atom is 0.262 e. The molecule has 1 amide bonds. The number of aryl methyl sites for hydroxylation is 1. The van der Waals surface area contributed by atoms with Crippen molar-refractivity contribution in [2.45, 2.75) is 44.6 Å². The highest BCUT2D eigenvalue weighted by Crippen LogP contribution is 2.27. The number of carbonyl (C=O) groups excluding carboxylic acids is 1. The Kier molecular flexibility index (Phi) is 4.63. The van der Waals surface area contributed by atoms with Crippen LogP contribution in [0.5, 0.6) is 0 Å². The lowest BCUT2D eigenvalue weighted by molar-refractivity contribution is 0.0584. The quantitative estimate of drug-likeness (QED) is 0.783.